The second-order valence-corrected chi connectivity index (χ2v) is 4.19. The molecule has 0 aromatic carbocycles. The summed E-state index contributed by atoms with van der Waals surface area (Å²) in [5.41, 5.74) is 0. The van der Waals surface area contributed by atoms with Gasteiger partial charge in [0.05, 0.1) is 0 Å². The Morgan fingerprint density at radius 3 is 2.92 bits per heavy atom. The molecule has 0 aliphatic heterocycles. The minimum atomic E-state index is 0.705. The smallest absolute Gasteiger partial charge is 0.0107 e. The fraction of sp³-hybridized carbons (Fsp3) is 0.833. The Bertz CT molecular complexity index is 151. The molecule has 76 valence electrons. The molecular formula is C12H23N. The van der Waals surface area contributed by atoms with Gasteiger partial charge in [-0.1, -0.05) is 31.9 Å². The van der Waals surface area contributed by atoms with E-state index in [1.54, 1.807) is 0 Å². The van der Waals surface area contributed by atoms with Gasteiger partial charge in [-0.2, -0.15) is 0 Å². The highest BCUT2D eigenvalue weighted by Crippen LogP contribution is 2.12. The third-order valence-corrected chi connectivity index (χ3v) is 2.78. The van der Waals surface area contributed by atoms with Crippen LogP contribution in [0.5, 0.6) is 0 Å². The van der Waals surface area contributed by atoms with E-state index in [4.69, 9.17) is 0 Å². The number of allylic oxidation sites excluding steroid dienone is 1. The standard InChI is InChI=1S/C12H23N/c1-3-4-8-11(2)13-12-9-6-5-7-10-12/h5-6,11-13H,3-4,7-10H2,1-2H3. The Morgan fingerprint density at radius 1 is 1.46 bits per heavy atom. The third kappa shape index (κ3) is 4.47. The highest BCUT2D eigenvalue weighted by Gasteiger charge is 2.11. The molecule has 1 rings (SSSR count). The van der Waals surface area contributed by atoms with Crippen LogP contribution in [0.2, 0.25) is 0 Å². The predicted octanol–water partition coefficient (Wildman–Crippen LogP) is 3.26. The molecule has 1 nitrogen and oxygen atoms in total. The van der Waals surface area contributed by atoms with Crippen molar-refractivity contribution in [3.05, 3.63) is 12.2 Å². The van der Waals surface area contributed by atoms with E-state index >= 15 is 0 Å². The molecule has 13 heavy (non-hydrogen) atoms. The number of hydrogen-bond donors (Lipinski definition) is 1. The maximum absolute atomic E-state index is 3.70. The zero-order valence-electron chi connectivity index (χ0n) is 9.05. The normalized spacial score (nSPS) is 24.6. The SMILES string of the molecule is CCCCC(C)NC1CC=CCC1. The molecule has 1 N–H and O–H groups in total. The number of hydrogen-bond acceptors (Lipinski definition) is 1. The van der Waals surface area contributed by atoms with Crippen LogP contribution in [0.4, 0.5) is 0 Å². The quantitative estimate of drug-likeness (QED) is 0.642. The Kier molecular flexibility index (Phi) is 5.14. The number of unbranched alkanes of at least 4 members (excludes halogenated alkanes) is 1. The molecule has 0 bridgehead atoms. The fourth-order valence-corrected chi connectivity index (χ4v) is 1.94. The van der Waals surface area contributed by atoms with Crippen LogP contribution in [0.15, 0.2) is 12.2 Å². The average molecular weight is 181 g/mol. The summed E-state index contributed by atoms with van der Waals surface area (Å²) in [5.74, 6) is 0. The van der Waals surface area contributed by atoms with E-state index in [-0.39, 0.29) is 0 Å². The van der Waals surface area contributed by atoms with Gasteiger partial charge in [-0.15, -0.1) is 0 Å². The minimum absolute atomic E-state index is 0.705. The van der Waals surface area contributed by atoms with E-state index < -0.39 is 0 Å². The molecule has 2 atom stereocenters. The highest BCUT2D eigenvalue weighted by molar-refractivity contribution is 4.93. The second kappa shape index (κ2) is 6.20. The van der Waals surface area contributed by atoms with Crippen LogP contribution in [0.25, 0.3) is 0 Å². The fourth-order valence-electron chi connectivity index (χ4n) is 1.94. The van der Waals surface area contributed by atoms with Gasteiger partial charge in [-0.05, 0) is 32.6 Å². The summed E-state index contributed by atoms with van der Waals surface area (Å²) < 4.78 is 0. The molecule has 2 unspecified atom stereocenters. The van der Waals surface area contributed by atoms with Gasteiger partial charge in [0.2, 0.25) is 0 Å². The first-order chi connectivity index (χ1) is 6.33. The lowest BCUT2D eigenvalue weighted by atomic mass is 10.0. The topological polar surface area (TPSA) is 12.0 Å². The van der Waals surface area contributed by atoms with Crippen LogP contribution in [0, 0.1) is 0 Å². The molecule has 1 heteroatoms. The van der Waals surface area contributed by atoms with Gasteiger partial charge in [0.25, 0.3) is 0 Å². The van der Waals surface area contributed by atoms with Crippen molar-refractivity contribution in [1.29, 1.82) is 0 Å². The van der Waals surface area contributed by atoms with Crippen LogP contribution >= 0.6 is 0 Å². The summed E-state index contributed by atoms with van der Waals surface area (Å²) in [6.45, 7) is 4.57. The monoisotopic (exact) mass is 181 g/mol. The van der Waals surface area contributed by atoms with Crippen molar-refractivity contribution in [2.45, 2.75) is 64.5 Å². The summed E-state index contributed by atoms with van der Waals surface area (Å²) in [4.78, 5) is 0. The van der Waals surface area contributed by atoms with Gasteiger partial charge in [-0.3, -0.25) is 0 Å². The van der Waals surface area contributed by atoms with Crippen molar-refractivity contribution in [2.24, 2.45) is 0 Å². The van der Waals surface area contributed by atoms with Crippen molar-refractivity contribution in [2.75, 3.05) is 0 Å². The molecule has 0 radical (unpaired) electrons. The molecule has 1 aliphatic carbocycles. The van der Waals surface area contributed by atoms with E-state index in [0.29, 0.717) is 6.04 Å². The second-order valence-electron chi connectivity index (χ2n) is 4.19. The molecule has 0 heterocycles. The van der Waals surface area contributed by atoms with Gasteiger partial charge in [-0.25, -0.2) is 0 Å². The average Bonchev–Trinajstić information content (AvgIpc) is 2.16. The first-order valence-corrected chi connectivity index (χ1v) is 5.74. The molecule has 0 aromatic rings. The first kappa shape index (κ1) is 10.8. The molecule has 0 aromatic heterocycles. The van der Waals surface area contributed by atoms with Crippen molar-refractivity contribution < 1.29 is 0 Å². The van der Waals surface area contributed by atoms with Crippen molar-refractivity contribution in [1.82, 2.24) is 5.32 Å². The summed E-state index contributed by atoms with van der Waals surface area (Å²) in [5, 5.41) is 3.70. The van der Waals surface area contributed by atoms with Crippen LogP contribution in [-0.4, -0.2) is 12.1 Å². The Balaban J connectivity index is 2.11. The van der Waals surface area contributed by atoms with Crippen molar-refractivity contribution in [3.8, 4) is 0 Å². The first-order valence-electron chi connectivity index (χ1n) is 5.74. The molecule has 1 aliphatic rings. The van der Waals surface area contributed by atoms with Gasteiger partial charge < -0.3 is 5.32 Å². The van der Waals surface area contributed by atoms with Crippen LogP contribution < -0.4 is 5.32 Å². The van der Waals surface area contributed by atoms with E-state index in [9.17, 15) is 0 Å². The Labute approximate surface area is 82.6 Å². The molecular weight excluding hydrogens is 158 g/mol. The maximum atomic E-state index is 3.70. The van der Waals surface area contributed by atoms with Gasteiger partial charge >= 0.3 is 0 Å². The molecule has 0 fully saturated rings. The zero-order chi connectivity index (χ0) is 9.52. The van der Waals surface area contributed by atoms with E-state index in [0.717, 1.165) is 6.04 Å². The van der Waals surface area contributed by atoms with Crippen LogP contribution in [0.1, 0.15) is 52.4 Å². The van der Waals surface area contributed by atoms with E-state index in [2.05, 4.69) is 31.3 Å². The van der Waals surface area contributed by atoms with E-state index in [1.165, 1.54) is 38.5 Å². The predicted molar refractivity (Wildman–Crippen MR) is 58.9 cm³/mol. The van der Waals surface area contributed by atoms with Gasteiger partial charge in [0.1, 0.15) is 0 Å². The molecule has 0 saturated heterocycles. The largest absolute Gasteiger partial charge is 0.311 e. The lowest BCUT2D eigenvalue weighted by Gasteiger charge is -2.24. The lowest BCUT2D eigenvalue weighted by Crippen LogP contribution is -2.36. The van der Waals surface area contributed by atoms with Gasteiger partial charge in [0, 0.05) is 12.1 Å². The van der Waals surface area contributed by atoms with Gasteiger partial charge in [0.15, 0.2) is 0 Å². The molecule has 0 amide bonds. The Hall–Kier alpha value is -0.300. The summed E-state index contributed by atoms with van der Waals surface area (Å²) in [6.07, 6.45) is 12.4. The highest BCUT2D eigenvalue weighted by atomic mass is 14.9. The number of rotatable bonds is 5. The van der Waals surface area contributed by atoms with Crippen molar-refractivity contribution >= 4 is 0 Å². The Morgan fingerprint density at radius 2 is 2.31 bits per heavy atom. The zero-order valence-corrected chi connectivity index (χ0v) is 9.05. The molecule has 0 saturated carbocycles. The summed E-state index contributed by atoms with van der Waals surface area (Å²) >= 11 is 0. The van der Waals surface area contributed by atoms with E-state index in [1.807, 2.05) is 0 Å². The minimum Gasteiger partial charge on any atom is -0.311 e. The van der Waals surface area contributed by atoms with Crippen molar-refractivity contribution in [3.63, 3.8) is 0 Å². The van der Waals surface area contributed by atoms with Crippen LogP contribution in [0.3, 0.4) is 0 Å². The summed E-state index contributed by atoms with van der Waals surface area (Å²) in [6, 6.07) is 1.45. The third-order valence-electron chi connectivity index (χ3n) is 2.78. The van der Waals surface area contributed by atoms with Crippen LogP contribution in [-0.2, 0) is 0 Å². The lowest BCUT2D eigenvalue weighted by molar-refractivity contribution is 0.397. The maximum Gasteiger partial charge on any atom is 0.0107 e. The number of nitrogens with one attached hydrogen (secondary N) is 1. The molecule has 0 spiro atoms. The summed E-state index contributed by atoms with van der Waals surface area (Å²) in [7, 11) is 0.